The van der Waals surface area contributed by atoms with Crippen molar-refractivity contribution in [3.8, 4) is 5.75 Å². The maximum absolute atomic E-state index is 13.5. The summed E-state index contributed by atoms with van der Waals surface area (Å²) in [5, 5.41) is 20.1. The van der Waals surface area contributed by atoms with Gasteiger partial charge in [-0.3, -0.25) is 10.1 Å². The van der Waals surface area contributed by atoms with E-state index in [1.807, 2.05) is 0 Å². The first-order chi connectivity index (χ1) is 10.0. The summed E-state index contributed by atoms with van der Waals surface area (Å²) < 4.78 is 19.0. The van der Waals surface area contributed by atoms with Crippen LogP contribution >= 0.6 is 11.6 Å². The molecule has 7 heteroatoms. The van der Waals surface area contributed by atoms with Crippen LogP contribution in [-0.2, 0) is 13.2 Å². The van der Waals surface area contributed by atoms with Crippen molar-refractivity contribution in [2.75, 3.05) is 0 Å². The van der Waals surface area contributed by atoms with Gasteiger partial charge in [0.05, 0.1) is 16.6 Å². The molecule has 0 aliphatic heterocycles. The molecule has 2 rings (SSSR count). The van der Waals surface area contributed by atoms with E-state index in [2.05, 4.69) is 0 Å². The van der Waals surface area contributed by atoms with Gasteiger partial charge < -0.3 is 9.84 Å². The first kappa shape index (κ1) is 15.2. The Bertz CT molecular complexity index is 678. The number of nitrogens with zero attached hydrogens (tertiary/aromatic N) is 1. The second-order valence-corrected chi connectivity index (χ2v) is 4.62. The highest BCUT2D eigenvalue weighted by Crippen LogP contribution is 2.29. The molecule has 0 spiro atoms. The normalized spacial score (nSPS) is 10.4. The molecule has 110 valence electrons. The fourth-order valence-electron chi connectivity index (χ4n) is 1.78. The zero-order valence-corrected chi connectivity index (χ0v) is 11.5. The van der Waals surface area contributed by atoms with Gasteiger partial charge in [0.15, 0.2) is 0 Å². The smallest absolute Gasteiger partial charge is 0.304 e. The van der Waals surface area contributed by atoms with Crippen LogP contribution in [0.5, 0.6) is 5.75 Å². The number of para-hydroxylation sites is 1. The van der Waals surface area contributed by atoms with Crippen molar-refractivity contribution < 1.29 is 19.2 Å². The molecule has 5 nitrogen and oxygen atoms in total. The van der Waals surface area contributed by atoms with Crippen LogP contribution in [0.25, 0.3) is 0 Å². The van der Waals surface area contributed by atoms with Gasteiger partial charge in [-0.25, -0.2) is 0 Å². The van der Waals surface area contributed by atoms with Crippen LogP contribution < -0.4 is 4.74 Å². The minimum Gasteiger partial charge on any atom is -0.487 e. The van der Waals surface area contributed by atoms with Crippen molar-refractivity contribution >= 4 is 17.3 Å². The summed E-state index contributed by atoms with van der Waals surface area (Å²) in [5.74, 6) is -0.622. The van der Waals surface area contributed by atoms with E-state index in [0.717, 1.165) is 12.1 Å². The van der Waals surface area contributed by atoms with Crippen LogP contribution in [0.4, 0.5) is 10.1 Å². The molecule has 21 heavy (non-hydrogen) atoms. The lowest BCUT2D eigenvalue weighted by Crippen LogP contribution is -2.01. The summed E-state index contributed by atoms with van der Waals surface area (Å²) in [5.41, 5.74) is 0.333. The molecular weight excluding hydrogens is 301 g/mol. The molecule has 0 bridgehead atoms. The van der Waals surface area contributed by atoms with E-state index in [1.165, 1.54) is 6.07 Å². The van der Waals surface area contributed by atoms with Gasteiger partial charge in [0.1, 0.15) is 12.4 Å². The molecule has 0 aliphatic rings. The van der Waals surface area contributed by atoms with E-state index in [0.29, 0.717) is 21.9 Å². The Morgan fingerprint density at radius 2 is 2.10 bits per heavy atom. The second kappa shape index (κ2) is 6.51. The molecule has 0 amide bonds. The summed E-state index contributed by atoms with van der Waals surface area (Å²) in [6.45, 7) is -0.268. The molecule has 2 aromatic carbocycles. The lowest BCUT2D eigenvalue weighted by Gasteiger charge is -2.11. The Labute approximate surface area is 124 Å². The fourth-order valence-corrected chi connectivity index (χ4v) is 2.03. The molecule has 0 atom stereocenters. The lowest BCUT2D eigenvalue weighted by atomic mass is 10.2. The SMILES string of the molecule is O=[N+]([O-])c1ccc(COc2c(Cl)cccc2CO)cc1F. The largest absolute Gasteiger partial charge is 0.487 e. The minimum absolute atomic E-state index is 0.0222. The third kappa shape index (κ3) is 3.48. The molecule has 0 aliphatic carbocycles. The van der Waals surface area contributed by atoms with E-state index in [9.17, 15) is 19.6 Å². The van der Waals surface area contributed by atoms with Crippen molar-refractivity contribution in [3.05, 3.63) is 68.5 Å². The van der Waals surface area contributed by atoms with Crippen LogP contribution in [0, 0.1) is 15.9 Å². The Hall–Kier alpha value is -2.18. The van der Waals surface area contributed by atoms with Crippen LogP contribution in [0.3, 0.4) is 0 Å². The molecule has 0 unspecified atom stereocenters. The summed E-state index contributed by atoms with van der Waals surface area (Å²) in [6.07, 6.45) is 0. The number of rotatable bonds is 5. The van der Waals surface area contributed by atoms with Gasteiger partial charge in [0, 0.05) is 11.6 Å². The Morgan fingerprint density at radius 3 is 2.71 bits per heavy atom. The van der Waals surface area contributed by atoms with Crippen molar-refractivity contribution in [1.29, 1.82) is 0 Å². The molecule has 0 heterocycles. The van der Waals surface area contributed by atoms with E-state index in [-0.39, 0.29) is 13.2 Å². The highest BCUT2D eigenvalue weighted by molar-refractivity contribution is 6.32. The van der Waals surface area contributed by atoms with Crippen LogP contribution in [0.2, 0.25) is 5.02 Å². The summed E-state index contributed by atoms with van der Waals surface area (Å²) >= 11 is 5.97. The molecule has 0 fully saturated rings. The molecule has 2 aromatic rings. The Kier molecular flexibility index (Phi) is 4.72. The average Bonchev–Trinajstić information content (AvgIpc) is 2.45. The first-order valence-electron chi connectivity index (χ1n) is 5.96. The van der Waals surface area contributed by atoms with Crippen molar-refractivity contribution in [2.24, 2.45) is 0 Å². The van der Waals surface area contributed by atoms with Gasteiger partial charge >= 0.3 is 5.69 Å². The zero-order chi connectivity index (χ0) is 15.4. The number of aliphatic hydroxyl groups is 1. The fraction of sp³-hybridized carbons (Fsp3) is 0.143. The number of hydrogen-bond donors (Lipinski definition) is 1. The summed E-state index contributed by atoms with van der Waals surface area (Å²) in [7, 11) is 0. The molecule has 0 radical (unpaired) electrons. The number of nitro groups is 1. The van der Waals surface area contributed by atoms with Crippen molar-refractivity contribution in [2.45, 2.75) is 13.2 Å². The van der Waals surface area contributed by atoms with Gasteiger partial charge in [-0.2, -0.15) is 4.39 Å². The minimum atomic E-state index is -0.928. The monoisotopic (exact) mass is 311 g/mol. The van der Waals surface area contributed by atoms with Gasteiger partial charge in [0.25, 0.3) is 0 Å². The van der Waals surface area contributed by atoms with Gasteiger partial charge in [-0.15, -0.1) is 0 Å². The number of halogens is 2. The highest BCUT2D eigenvalue weighted by atomic mass is 35.5. The molecule has 0 saturated heterocycles. The zero-order valence-electron chi connectivity index (χ0n) is 10.8. The average molecular weight is 312 g/mol. The van der Waals surface area contributed by atoms with E-state index in [4.69, 9.17) is 16.3 Å². The number of aliphatic hydroxyl groups excluding tert-OH is 1. The lowest BCUT2D eigenvalue weighted by molar-refractivity contribution is -0.387. The van der Waals surface area contributed by atoms with Gasteiger partial charge in [0.2, 0.25) is 5.82 Å². The van der Waals surface area contributed by atoms with Crippen LogP contribution in [-0.4, -0.2) is 10.0 Å². The van der Waals surface area contributed by atoms with Crippen molar-refractivity contribution in [3.63, 3.8) is 0 Å². The number of ether oxygens (including phenoxy) is 1. The summed E-state index contributed by atoms with van der Waals surface area (Å²) in [4.78, 5) is 9.74. The third-order valence-corrected chi connectivity index (χ3v) is 3.11. The Balaban J connectivity index is 2.17. The van der Waals surface area contributed by atoms with Crippen LogP contribution in [0.1, 0.15) is 11.1 Å². The second-order valence-electron chi connectivity index (χ2n) is 4.22. The van der Waals surface area contributed by atoms with E-state index < -0.39 is 16.4 Å². The quantitative estimate of drug-likeness (QED) is 0.678. The highest BCUT2D eigenvalue weighted by Gasteiger charge is 2.14. The van der Waals surface area contributed by atoms with Gasteiger partial charge in [-0.05, 0) is 23.8 Å². The maximum Gasteiger partial charge on any atom is 0.304 e. The predicted molar refractivity (Wildman–Crippen MR) is 74.8 cm³/mol. The Morgan fingerprint density at radius 1 is 1.33 bits per heavy atom. The van der Waals surface area contributed by atoms with Gasteiger partial charge in [-0.1, -0.05) is 23.7 Å². The molecule has 0 saturated carbocycles. The number of nitro benzene ring substituents is 1. The maximum atomic E-state index is 13.5. The predicted octanol–water partition coefficient (Wildman–Crippen LogP) is 3.46. The topological polar surface area (TPSA) is 72.6 Å². The number of hydrogen-bond acceptors (Lipinski definition) is 4. The van der Waals surface area contributed by atoms with Crippen molar-refractivity contribution in [1.82, 2.24) is 0 Å². The van der Waals surface area contributed by atoms with E-state index >= 15 is 0 Å². The molecule has 0 aromatic heterocycles. The molecular formula is C14H11ClFNO4. The van der Waals surface area contributed by atoms with Crippen LogP contribution in [0.15, 0.2) is 36.4 Å². The molecule has 1 N–H and O–H groups in total. The van der Waals surface area contributed by atoms with E-state index in [1.54, 1.807) is 18.2 Å². The third-order valence-electron chi connectivity index (χ3n) is 2.81. The first-order valence-corrected chi connectivity index (χ1v) is 6.34. The summed E-state index contributed by atoms with van der Waals surface area (Å²) in [6, 6.07) is 8.44. The standard InChI is InChI=1S/C14H11ClFNO4/c15-11-3-1-2-10(7-18)14(11)21-8-9-4-5-13(17(19)20)12(16)6-9/h1-6,18H,7-8H2. The number of benzene rings is 2.